The number of hydrogen-bond acceptors (Lipinski definition) is 5. The number of anilines is 1. The van der Waals surface area contributed by atoms with Crippen LogP contribution in [0.3, 0.4) is 0 Å². The summed E-state index contributed by atoms with van der Waals surface area (Å²) in [6.45, 7) is 1.70. The van der Waals surface area contributed by atoms with Gasteiger partial charge in [-0.05, 0) is 31.2 Å². The van der Waals surface area contributed by atoms with E-state index in [1.165, 1.54) is 38.5 Å². The van der Waals surface area contributed by atoms with E-state index in [9.17, 15) is 14.4 Å². The Kier molecular flexibility index (Phi) is 5.46. The summed E-state index contributed by atoms with van der Waals surface area (Å²) in [4.78, 5) is 34.6. The Labute approximate surface area is 116 Å². The predicted octanol–water partition coefficient (Wildman–Crippen LogP) is 1.77. The van der Waals surface area contributed by atoms with Gasteiger partial charge in [-0.1, -0.05) is 6.08 Å². The summed E-state index contributed by atoms with van der Waals surface area (Å²) in [5, 5.41) is 2.54. The van der Waals surface area contributed by atoms with Crippen LogP contribution in [0, 0.1) is 0 Å². The summed E-state index contributed by atoms with van der Waals surface area (Å²) in [5.41, 5.74) is 0.591. The monoisotopic (exact) mass is 277 g/mol. The smallest absolute Gasteiger partial charge is 0.337 e. The normalized spacial score (nSPS) is 10.2. The molecule has 1 rings (SSSR count). The van der Waals surface area contributed by atoms with Crippen LogP contribution in [0.15, 0.2) is 30.4 Å². The first-order valence-corrected chi connectivity index (χ1v) is 5.77. The van der Waals surface area contributed by atoms with Crippen molar-refractivity contribution in [3.05, 3.63) is 41.5 Å². The molecule has 0 fully saturated rings. The molecule has 0 heterocycles. The van der Waals surface area contributed by atoms with Crippen LogP contribution >= 0.6 is 0 Å². The van der Waals surface area contributed by atoms with Crippen LogP contribution in [0.25, 0.3) is 0 Å². The topological polar surface area (TPSA) is 81.7 Å². The summed E-state index contributed by atoms with van der Waals surface area (Å²) < 4.78 is 9.19. The van der Waals surface area contributed by atoms with Crippen molar-refractivity contribution in [2.75, 3.05) is 19.5 Å². The van der Waals surface area contributed by atoms with E-state index in [1.54, 1.807) is 13.0 Å². The first-order chi connectivity index (χ1) is 9.51. The molecule has 0 aliphatic rings. The number of rotatable bonds is 4. The Morgan fingerprint density at radius 1 is 1.00 bits per heavy atom. The van der Waals surface area contributed by atoms with Crippen molar-refractivity contribution in [1.82, 2.24) is 0 Å². The molecule has 0 atom stereocenters. The first-order valence-electron chi connectivity index (χ1n) is 5.77. The largest absolute Gasteiger partial charge is 0.465 e. The van der Waals surface area contributed by atoms with Gasteiger partial charge in [0.1, 0.15) is 0 Å². The number of esters is 2. The minimum atomic E-state index is -0.614. The van der Waals surface area contributed by atoms with E-state index in [0.717, 1.165) is 0 Å². The summed E-state index contributed by atoms with van der Waals surface area (Å²) in [7, 11) is 2.45. The van der Waals surface area contributed by atoms with E-state index in [1.807, 2.05) is 0 Å². The number of ether oxygens (including phenoxy) is 2. The third-order valence-electron chi connectivity index (χ3n) is 2.36. The average molecular weight is 277 g/mol. The van der Waals surface area contributed by atoms with Crippen LogP contribution < -0.4 is 5.32 Å². The lowest BCUT2D eigenvalue weighted by molar-refractivity contribution is -0.111. The molecule has 0 aromatic heterocycles. The molecule has 1 N–H and O–H groups in total. The highest BCUT2D eigenvalue weighted by atomic mass is 16.5. The summed E-state index contributed by atoms with van der Waals surface area (Å²) in [6.07, 6.45) is 2.89. The fraction of sp³-hybridized carbons (Fsp3) is 0.214. The van der Waals surface area contributed by atoms with Gasteiger partial charge in [-0.15, -0.1) is 0 Å². The maximum absolute atomic E-state index is 11.5. The van der Waals surface area contributed by atoms with Gasteiger partial charge in [0.25, 0.3) is 0 Å². The minimum absolute atomic E-state index is 0.145. The molecule has 0 spiro atoms. The molecule has 0 bridgehead atoms. The highest BCUT2D eigenvalue weighted by Gasteiger charge is 2.14. The lowest BCUT2D eigenvalue weighted by atomic mass is 10.1. The number of carbonyl (C=O) groups excluding carboxylic acids is 3. The molecule has 0 aliphatic carbocycles. The standard InChI is InChI=1S/C14H15NO5/c1-4-5-12(16)15-11-7-9(13(17)19-2)6-10(8-11)14(18)20-3/h4-8H,1-3H3,(H,15,16)/b5-4+. The molecule has 0 saturated heterocycles. The van der Waals surface area contributed by atoms with Gasteiger partial charge in [-0.3, -0.25) is 4.79 Å². The molecule has 20 heavy (non-hydrogen) atoms. The second kappa shape index (κ2) is 7.08. The van der Waals surface area contributed by atoms with Crippen LogP contribution in [0.5, 0.6) is 0 Å². The maximum atomic E-state index is 11.5. The molecule has 1 aromatic rings. The quantitative estimate of drug-likeness (QED) is 0.670. The number of benzene rings is 1. The average Bonchev–Trinajstić information content (AvgIpc) is 2.45. The molecule has 0 saturated carbocycles. The molecule has 6 heteroatoms. The van der Waals surface area contributed by atoms with Crippen LogP contribution in [0.1, 0.15) is 27.6 Å². The number of methoxy groups -OCH3 is 2. The lowest BCUT2D eigenvalue weighted by Crippen LogP contribution is -2.12. The SMILES string of the molecule is C/C=C/C(=O)Nc1cc(C(=O)OC)cc(C(=O)OC)c1. The molecular weight excluding hydrogens is 262 g/mol. The predicted molar refractivity (Wildman–Crippen MR) is 72.6 cm³/mol. The summed E-state index contributed by atoms with van der Waals surface area (Å²) in [5.74, 6) is -1.60. The van der Waals surface area contributed by atoms with Crippen molar-refractivity contribution in [2.45, 2.75) is 6.92 Å². The molecular formula is C14H15NO5. The van der Waals surface area contributed by atoms with Crippen molar-refractivity contribution >= 4 is 23.5 Å². The van der Waals surface area contributed by atoms with Crippen LogP contribution in [0.2, 0.25) is 0 Å². The Morgan fingerprint density at radius 3 is 1.90 bits per heavy atom. The van der Waals surface area contributed by atoms with Gasteiger partial charge in [0.15, 0.2) is 0 Å². The molecule has 6 nitrogen and oxygen atoms in total. The zero-order chi connectivity index (χ0) is 15.1. The van der Waals surface area contributed by atoms with E-state index in [-0.39, 0.29) is 17.0 Å². The maximum Gasteiger partial charge on any atom is 0.337 e. The van der Waals surface area contributed by atoms with Crippen molar-refractivity contribution < 1.29 is 23.9 Å². The fourth-order valence-electron chi connectivity index (χ4n) is 1.51. The number of hydrogen-bond donors (Lipinski definition) is 1. The molecule has 1 amide bonds. The van der Waals surface area contributed by atoms with E-state index >= 15 is 0 Å². The molecule has 0 unspecified atom stereocenters. The Morgan fingerprint density at radius 2 is 1.50 bits per heavy atom. The lowest BCUT2D eigenvalue weighted by Gasteiger charge is -2.08. The third kappa shape index (κ3) is 3.94. The van der Waals surface area contributed by atoms with Crippen LogP contribution in [-0.4, -0.2) is 32.1 Å². The fourth-order valence-corrected chi connectivity index (χ4v) is 1.51. The summed E-state index contributed by atoms with van der Waals surface area (Å²) >= 11 is 0. The zero-order valence-corrected chi connectivity index (χ0v) is 11.4. The first kappa shape index (κ1) is 15.4. The van der Waals surface area contributed by atoms with Crippen molar-refractivity contribution in [3.63, 3.8) is 0 Å². The van der Waals surface area contributed by atoms with Crippen molar-refractivity contribution in [2.24, 2.45) is 0 Å². The van der Waals surface area contributed by atoms with Gasteiger partial charge in [0.2, 0.25) is 5.91 Å². The highest BCUT2D eigenvalue weighted by molar-refractivity contribution is 6.02. The number of amides is 1. The molecule has 0 radical (unpaired) electrons. The van der Waals surface area contributed by atoms with E-state index in [0.29, 0.717) is 5.69 Å². The van der Waals surface area contributed by atoms with E-state index in [2.05, 4.69) is 14.8 Å². The Bertz CT molecular complexity index is 528. The van der Waals surface area contributed by atoms with E-state index < -0.39 is 11.9 Å². The van der Waals surface area contributed by atoms with Crippen molar-refractivity contribution in [1.29, 1.82) is 0 Å². The minimum Gasteiger partial charge on any atom is -0.465 e. The molecule has 106 valence electrons. The van der Waals surface area contributed by atoms with Gasteiger partial charge in [0, 0.05) is 5.69 Å². The van der Waals surface area contributed by atoms with Gasteiger partial charge < -0.3 is 14.8 Å². The van der Waals surface area contributed by atoms with Gasteiger partial charge in [-0.2, -0.15) is 0 Å². The van der Waals surface area contributed by atoms with Gasteiger partial charge in [-0.25, -0.2) is 9.59 Å². The highest BCUT2D eigenvalue weighted by Crippen LogP contribution is 2.17. The Balaban J connectivity index is 3.19. The Hall–Kier alpha value is -2.63. The van der Waals surface area contributed by atoms with Gasteiger partial charge >= 0.3 is 11.9 Å². The number of nitrogens with one attached hydrogen (secondary N) is 1. The molecule has 1 aromatic carbocycles. The van der Waals surface area contributed by atoms with Crippen LogP contribution in [-0.2, 0) is 14.3 Å². The van der Waals surface area contributed by atoms with E-state index in [4.69, 9.17) is 0 Å². The number of carbonyl (C=O) groups is 3. The van der Waals surface area contributed by atoms with Gasteiger partial charge in [0.05, 0.1) is 25.3 Å². The molecule has 0 aliphatic heterocycles. The zero-order valence-electron chi connectivity index (χ0n) is 11.4. The summed E-state index contributed by atoms with van der Waals surface area (Å²) in [6, 6.07) is 4.17. The second-order valence-corrected chi connectivity index (χ2v) is 3.77. The number of allylic oxidation sites excluding steroid dienone is 1. The van der Waals surface area contributed by atoms with Crippen molar-refractivity contribution in [3.8, 4) is 0 Å². The second-order valence-electron chi connectivity index (χ2n) is 3.77. The third-order valence-corrected chi connectivity index (χ3v) is 2.36. The van der Waals surface area contributed by atoms with Crippen LogP contribution in [0.4, 0.5) is 5.69 Å².